The number of halogens is 5. The molecule has 0 bridgehead atoms. The quantitative estimate of drug-likeness (QED) is 0.561. The fraction of sp³-hybridized carbons (Fsp3) is 0.429. The van der Waals surface area contributed by atoms with Crippen LogP contribution >= 0.6 is 24.0 Å². The molecule has 140 valence electrons. The number of guanidine groups is 2. The van der Waals surface area contributed by atoms with Crippen LogP contribution < -0.4 is 11.5 Å². The van der Waals surface area contributed by atoms with Crippen molar-refractivity contribution in [2.45, 2.75) is 6.18 Å². The minimum Gasteiger partial charge on any atom is -0.369 e. The number of nitrogens with zero attached hydrogens (tertiary/aromatic N) is 4. The van der Waals surface area contributed by atoms with Crippen LogP contribution in [0.5, 0.6) is 0 Å². The first-order valence-electron chi connectivity index (χ1n) is 7.15. The third kappa shape index (κ3) is 5.94. The topological polar surface area (TPSA) is 83.2 Å². The smallest absolute Gasteiger partial charge is 0.369 e. The number of hydrogen-bond acceptors (Lipinski definition) is 2. The van der Waals surface area contributed by atoms with Crippen molar-refractivity contribution >= 4 is 41.6 Å². The Morgan fingerprint density at radius 1 is 1.16 bits per heavy atom. The largest absolute Gasteiger partial charge is 0.417 e. The zero-order valence-electron chi connectivity index (χ0n) is 13.4. The van der Waals surface area contributed by atoms with E-state index in [-0.39, 0.29) is 30.0 Å². The molecular formula is C14H19Cl2F3N6. The zero-order valence-corrected chi connectivity index (χ0v) is 15.0. The van der Waals surface area contributed by atoms with Gasteiger partial charge in [0.2, 0.25) is 5.96 Å². The fourth-order valence-corrected chi connectivity index (χ4v) is 2.41. The van der Waals surface area contributed by atoms with E-state index in [2.05, 4.69) is 14.9 Å². The lowest BCUT2D eigenvalue weighted by molar-refractivity contribution is -0.137. The second-order valence-corrected chi connectivity index (χ2v) is 5.80. The van der Waals surface area contributed by atoms with Crippen LogP contribution in [0.25, 0.3) is 0 Å². The molecule has 2 rings (SSSR count). The average molecular weight is 399 g/mol. The number of alkyl halides is 3. The molecule has 0 aliphatic carbocycles. The Hall–Kier alpha value is -1.71. The maximum atomic E-state index is 12.8. The molecule has 1 aliphatic heterocycles. The first kappa shape index (κ1) is 21.3. The summed E-state index contributed by atoms with van der Waals surface area (Å²) < 4.78 is 38.5. The summed E-state index contributed by atoms with van der Waals surface area (Å²) in [5.74, 6) is -0.0313. The van der Waals surface area contributed by atoms with Crippen LogP contribution in [0.1, 0.15) is 5.56 Å². The van der Waals surface area contributed by atoms with E-state index in [4.69, 9.17) is 23.1 Å². The van der Waals surface area contributed by atoms with Crippen molar-refractivity contribution in [3.8, 4) is 0 Å². The molecule has 1 aromatic rings. The zero-order chi connectivity index (χ0) is 17.9. The first-order valence-corrected chi connectivity index (χ1v) is 7.53. The normalized spacial score (nSPS) is 17.4. The van der Waals surface area contributed by atoms with Gasteiger partial charge in [0.15, 0.2) is 5.96 Å². The first-order chi connectivity index (χ1) is 11.2. The van der Waals surface area contributed by atoms with Crippen molar-refractivity contribution < 1.29 is 13.2 Å². The molecular weight excluding hydrogens is 380 g/mol. The highest BCUT2D eigenvalue weighted by molar-refractivity contribution is 6.31. The highest BCUT2D eigenvalue weighted by Gasteiger charge is 2.33. The number of benzene rings is 1. The van der Waals surface area contributed by atoms with Crippen molar-refractivity contribution in [3.05, 3.63) is 28.8 Å². The lowest BCUT2D eigenvalue weighted by Gasteiger charge is -2.32. The monoisotopic (exact) mass is 398 g/mol. The van der Waals surface area contributed by atoms with Crippen molar-refractivity contribution in [2.75, 3.05) is 33.2 Å². The number of piperazine rings is 1. The van der Waals surface area contributed by atoms with E-state index < -0.39 is 16.8 Å². The molecule has 6 nitrogen and oxygen atoms in total. The average Bonchev–Trinajstić information content (AvgIpc) is 2.48. The van der Waals surface area contributed by atoms with E-state index in [0.29, 0.717) is 13.1 Å². The molecule has 0 amide bonds. The van der Waals surface area contributed by atoms with E-state index in [1.807, 2.05) is 11.9 Å². The van der Waals surface area contributed by atoms with Gasteiger partial charge in [-0.05, 0) is 25.2 Å². The van der Waals surface area contributed by atoms with Gasteiger partial charge in [-0.1, -0.05) is 11.6 Å². The maximum absolute atomic E-state index is 12.8. The van der Waals surface area contributed by atoms with Crippen LogP contribution in [-0.2, 0) is 6.18 Å². The molecule has 4 N–H and O–H groups in total. The number of likely N-dealkylation sites (N-methyl/N-ethyl adjacent to an activating group) is 1. The van der Waals surface area contributed by atoms with E-state index in [0.717, 1.165) is 25.2 Å². The van der Waals surface area contributed by atoms with Gasteiger partial charge < -0.3 is 21.3 Å². The van der Waals surface area contributed by atoms with E-state index >= 15 is 0 Å². The van der Waals surface area contributed by atoms with Gasteiger partial charge in [-0.15, -0.1) is 12.4 Å². The summed E-state index contributed by atoms with van der Waals surface area (Å²) in [4.78, 5) is 11.8. The Kier molecular flexibility index (Phi) is 7.33. The Balaban J connectivity index is 0.00000312. The van der Waals surface area contributed by atoms with Crippen LogP contribution in [0.15, 0.2) is 28.2 Å². The molecule has 1 aliphatic rings. The summed E-state index contributed by atoms with van der Waals surface area (Å²) in [5.41, 5.74) is 10.6. The van der Waals surface area contributed by atoms with Gasteiger partial charge in [0, 0.05) is 26.2 Å². The summed E-state index contributed by atoms with van der Waals surface area (Å²) in [7, 11) is 2.00. The van der Waals surface area contributed by atoms with Crippen molar-refractivity contribution in [2.24, 2.45) is 21.5 Å². The molecule has 0 unspecified atom stereocenters. The summed E-state index contributed by atoms with van der Waals surface area (Å²) in [5, 5.41) is -0.402. The van der Waals surface area contributed by atoms with Crippen LogP contribution in [0.3, 0.4) is 0 Å². The van der Waals surface area contributed by atoms with E-state index in [1.165, 1.54) is 6.07 Å². The Bertz CT molecular complexity index is 654. The minimum atomic E-state index is -4.57. The Morgan fingerprint density at radius 3 is 2.32 bits per heavy atom. The highest BCUT2D eigenvalue weighted by atomic mass is 35.5. The number of nitrogens with two attached hydrogens (primary N) is 2. The fourth-order valence-electron chi connectivity index (χ4n) is 2.18. The van der Waals surface area contributed by atoms with Crippen LogP contribution in [0.2, 0.25) is 5.02 Å². The highest BCUT2D eigenvalue weighted by Crippen LogP contribution is 2.36. The van der Waals surface area contributed by atoms with Crippen molar-refractivity contribution in [3.63, 3.8) is 0 Å². The summed E-state index contributed by atoms with van der Waals surface area (Å²) in [6.07, 6.45) is -4.57. The standard InChI is InChI=1S/C14H18ClF3N6.ClH/c1-23-4-6-24(7-5-23)13(20)22-12(19)21-9-2-3-11(15)10(8-9)14(16,17)18;/h2-3,8H,4-7H2,1H3,(H4,19,20,21,22);1H. The molecule has 0 radical (unpaired) electrons. The summed E-state index contributed by atoms with van der Waals surface area (Å²) in [6.45, 7) is 3.05. The molecule has 1 saturated heterocycles. The van der Waals surface area contributed by atoms with Gasteiger partial charge in [-0.25, -0.2) is 4.99 Å². The lowest BCUT2D eigenvalue weighted by Crippen LogP contribution is -2.50. The Labute approximate surface area is 154 Å². The second kappa shape index (κ2) is 8.59. The number of rotatable bonds is 1. The van der Waals surface area contributed by atoms with Crippen LogP contribution in [-0.4, -0.2) is 54.9 Å². The predicted octanol–water partition coefficient (Wildman–Crippen LogP) is 2.29. The molecule has 0 atom stereocenters. The van der Waals surface area contributed by atoms with E-state index in [9.17, 15) is 13.2 Å². The van der Waals surface area contributed by atoms with Gasteiger partial charge in [0.25, 0.3) is 0 Å². The number of aliphatic imine (C=N–C) groups is 2. The second-order valence-electron chi connectivity index (χ2n) is 5.39. The summed E-state index contributed by atoms with van der Waals surface area (Å²) >= 11 is 5.56. The van der Waals surface area contributed by atoms with Gasteiger partial charge in [-0.3, -0.25) is 0 Å². The molecule has 1 fully saturated rings. The molecule has 0 spiro atoms. The van der Waals surface area contributed by atoms with Crippen LogP contribution in [0.4, 0.5) is 18.9 Å². The molecule has 1 heterocycles. The molecule has 0 saturated carbocycles. The van der Waals surface area contributed by atoms with E-state index in [1.54, 1.807) is 0 Å². The predicted molar refractivity (Wildman–Crippen MR) is 95.7 cm³/mol. The number of hydrogen-bond donors (Lipinski definition) is 2. The molecule has 25 heavy (non-hydrogen) atoms. The molecule has 1 aromatic carbocycles. The van der Waals surface area contributed by atoms with Crippen molar-refractivity contribution in [1.29, 1.82) is 0 Å². The van der Waals surface area contributed by atoms with Gasteiger partial charge in [-0.2, -0.15) is 18.2 Å². The Morgan fingerprint density at radius 2 is 1.76 bits per heavy atom. The van der Waals surface area contributed by atoms with Crippen molar-refractivity contribution in [1.82, 2.24) is 9.80 Å². The SMILES string of the molecule is CN1CCN(C(N)=NC(N)=Nc2ccc(Cl)c(C(F)(F)F)c2)CC1.Cl. The molecule has 11 heteroatoms. The third-order valence-electron chi connectivity index (χ3n) is 3.56. The van der Waals surface area contributed by atoms with Gasteiger partial charge >= 0.3 is 6.18 Å². The summed E-state index contributed by atoms with van der Waals surface area (Å²) in [6, 6.07) is 3.26. The third-order valence-corrected chi connectivity index (χ3v) is 3.88. The lowest BCUT2D eigenvalue weighted by atomic mass is 10.2. The van der Waals surface area contributed by atoms with Gasteiger partial charge in [0.05, 0.1) is 16.3 Å². The minimum absolute atomic E-state index is 0. The van der Waals surface area contributed by atoms with Crippen LogP contribution in [0, 0.1) is 0 Å². The van der Waals surface area contributed by atoms with Gasteiger partial charge in [0.1, 0.15) is 0 Å². The molecule has 0 aromatic heterocycles. The maximum Gasteiger partial charge on any atom is 0.417 e.